The average Bonchev–Trinajstić information content (AvgIpc) is 2.80. The summed E-state index contributed by atoms with van der Waals surface area (Å²) in [5.41, 5.74) is 4.13. The van der Waals surface area contributed by atoms with Crippen molar-refractivity contribution >= 4 is 5.84 Å². The van der Waals surface area contributed by atoms with Crippen molar-refractivity contribution in [3.8, 4) is 11.5 Å². The molecule has 98 valence electrons. The Morgan fingerprint density at radius 3 is 2.06 bits per heavy atom. The second-order valence-corrected chi connectivity index (χ2v) is 4.18. The van der Waals surface area contributed by atoms with E-state index in [9.17, 15) is 0 Å². The van der Waals surface area contributed by atoms with Crippen LogP contribution in [-0.4, -0.2) is 30.5 Å². The predicted molar refractivity (Wildman–Crippen MR) is 64.6 cm³/mol. The lowest BCUT2D eigenvalue weighted by Gasteiger charge is -2.09. The Kier molecular flexibility index (Phi) is 3.57. The largest absolute Gasteiger partial charge is 0.493 e. The number of ether oxygens (including phenoxy) is 2. The van der Waals surface area contributed by atoms with E-state index >= 15 is 0 Å². The predicted octanol–water partition coefficient (Wildman–Crippen LogP) is 1.19. The van der Waals surface area contributed by atoms with Gasteiger partial charge in [-0.2, -0.15) is 0 Å². The van der Waals surface area contributed by atoms with Gasteiger partial charge in [0.05, 0.1) is 14.2 Å². The van der Waals surface area contributed by atoms with Gasteiger partial charge >= 0.3 is 0 Å². The molecule has 1 aliphatic rings. The fourth-order valence-electron chi connectivity index (χ4n) is 2.33. The van der Waals surface area contributed by atoms with Gasteiger partial charge in [0.25, 0.3) is 0 Å². The summed E-state index contributed by atoms with van der Waals surface area (Å²) in [5.74, 6) is 1.46. The van der Waals surface area contributed by atoms with Crippen molar-refractivity contribution in [2.75, 3.05) is 14.2 Å². The molecule has 1 aromatic carbocycles. The molecule has 0 saturated heterocycles. The summed E-state index contributed by atoms with van der Waals surface area (Å²) < 4.78 is 10.5. The van der Waals surface area contributed by atoms with Crippen molar-refractivity contribution in [2.45, 2.75) is 12.8 Å². The number of hydrogen-bond donors (Lipinski definition) is 3. The van der Waals surface area contributed by atoms with Crippen LogP contribution in [0, 0.1) is 5.92 Å². The first-order valence-electron chi connectivity index (χ1n) is 5.59. The minimum absolute atomic E-state index is 0.0631. The fraction of sp³-hybridized carbons (Fsp3) is 0.417. The van der Waals surface area contributed by atoms with Crippen LogP contribution in [0.4, 0.5) is 0 Å². The molecule has 0 amide bonds. The summed E-state index contributed by atoms with van der Waals surface area (Å²) in [6.07, 6.45) is 1.37. The third-order valence-corrected chi connectivity index (χ3v) is 3.25. The molecule has 0 heterocycles. The van der Waals surface area contributed by atoms with Crippen LogP contribution in [0.3, 0.4) is 0 Å². The van der Waals surface area contributed by atoms with Gasteiger partial charge in [-0.05, 0) is 36.1 Å². The molecule has 0 aliphatic heterocycles. The van der Waals surface area contributed by atoms with Crippen LogP contribution in [0.2, 0.25) is 0 Å². The molecule has 0 spiro atoms. The Morgan fingerprint density at radius 1 is 1.22 bits per heavy atom. The highest BCUT2D eigenvalue weighted by Gasteiger charge is 2.28. The maximum atomic E-state index is 8.88. The summed E-state index contributed by atoms with van der Waals surface area (Å²) in [6, 6.07) is 3.83. The van der Waals surface area contributed by atoms with Gasteiger partial charge < -0.3 is 14.7 Å². The molecular weight excluding hydrogens is 236 g/mol. The fourth-order valence-corrected chi connectivity index (χ4v) is 2.33. The van der Waals surface area contributed by atoms with Crippen LogP contribution in [-0.2, 0) is 12.8 Å². The monoisotopic (exact) mass is 252 g/mol. The Bertz CT molecular complexity index is 440. The lowest BCUT2D eigenvalue weighted by atomic mass is 10.1. The number of nitrogens with one attached hydrogen (secondary N) is 1. The van der Waals surface area contributed by atoms with E-state index in [2.05, 4.69) is 5.16 Å². The zero-order valence-electron chi connectivity index (χ0n) is 10.3. The van der Waals surface area contributed by atoms with Gasteiger partial charge in [0.2, 0.25) is 0 Å². The number of benzene rings is 1. The van der Waals surface area contributed by atoms with Crippen LogP contribution < -0.4 is 15.0 Å². The van der Waals surface area contributed by atoms with E-state index in [1.165, 1.54) is 0 Å². The average molecular weight is 252 g/mol. The molecular formula is C12H16N2O4. The van der Waals surface area contributed by atoms with Gasteiger partial charge in [-0.15, -0.1) is 0 Å². The number of rotatable bonds is 3. The molecule has 18 heavy (non-hydrogen) atoms. The van der Waals surface area contributed by atoms with Crippen molar-refractivity contribution in [1.29, 1.82) is 0 Å². The summed E-state index contributed by atoms with van der Waals surface area (Å²) >= 11 is 0. The third-order valence-electron chi connectivity index (χ3n) is 3.25. The second kappa shape index (κ2) is 5.14. The molecule has 6 nitrogen and oxygen atoms in total. The van der Waals surface area contributed by atoms with Crippen LogP contribution in [0.1, 0.15) is 11.1 Å². The number of methoxy groups -OCH3 is 2. The molecule has 0 saturated carbocycles. The quantitative estimate of drug-likeness (QED) is 0.326. The first-order chi connectivity index (χ1) is 8.73. The molecule has 0 bridgehead atoms. The SMILES string of the molecule is COc1cc2c(cc1OC)CC(C(=NO)NO)C2. The molecule has 1 aliphatic carbocycles. The number of amidine groups is 1. The van der Waals surface area contributed by atoms with Crippen LogP contribution in [0.25, 0.3) is 0 Å². The van der Waals surface area contributed by atoms with Crippen LogP contribution in [0.15, 0.2) is 17.3 Å². The van der Waals surface area contributed by atoms with Crippen molar-refractivity contribution in [1.82, 2.24) is 5.48 Å². The molecule has 0 unspecified atom stereocenters. The Balaban J connectivity index is 2.30. The maximum Gasteiger partial charge on any atom is 0.168 e. The minimum Gasteiger partial charge on any atom is -0.493 e. The van der Waals surface area contributed by atoms with E-state index in [1.54, 1.807) is 14.2 Å². The molecule has 0 atom stereocenters. The Labute approximate surface area is 105 Å². The normalized spacial score (nSPS) is 15.4. The van der Waals surface area contributed by atoms with Crippen molar-refractivity contribution in [2.24, 2.45) is 11.1 Å². The summed E-state index contributed by atoms with van der Waals surface area (Å²) in [5, 5.41) is 20.7. The first kappa shape index (κ1) is 12.5. The van der Waals surface area contributed by atoms with Gasteiger partial charge in [0, 0.05) is 5.92 Å². The van der Waals surface area contributed by atoms with Crippen LogP contribution in [0.5, 0.6) is 11.5 Å². The van der Waals surface area contributed by atoms with E-state index in [4.69, 9.17) is 19.9 Å². The van der Waals surface area contributed by atoms with Gasteiger partial charge in [-0.3, -0.25) is 10.7 Å². The molecule has 2 rings (SSSR count). The van der Waals surface area contributed by atoms with E-state index in [-0.39, 0.29) is 11.8 Å². The number of hydroxylamine groups is 1. The van der Waals surface area contributed by atoms with E-state index in [0.717, 1.165) is 11.1 Å². The zero-order chi connectivity index (χ0) is 13.1. The number of hydrogen-bond acceptors (Lipinski definition) is 5. The smallest absolute Gasteiger partial charge is 0.168 e. The summed E-state index contributed by atoms with van der Waals surface area (Å²) in [6.45, 7) is 0. The van der Waals surface area contributed by atoms with E-state index in [1.807, 2.05) is 17.6 Å². The summed E-state index contributed by atoms with van der Waals surface area (Å²) in [7, 11) is 3.18. The molecule has 0 radical (unpaired) electrons. The lowest BCUT2D eigenvalue weighted by molar-refractivity contribution is 0.214. The van der Waals surface area contributed by atoms with Gasteiger partial charge in [0.15, 0.2) is 17.3 Å². The highest BCUT2D eigenvalue weighted by Crippen LogP contribution is 2.36. The first-order valence-corrected chi connectivity index (χ1v) is 5.59. The minimum atomic E-state index is -0.0631. The Hall–Kier alpha value is -1.95. The van der Waals surface area contributed by atoms with Gasteiger partial charge in [-0.1, -0.05) is 5.16 Å². The van der Waals surface area contributed by atoms with Gasteiger partial charge in [-0.25, -0.2) is 0 Å². The molecule has 1 aromatic rings. The summed E-state index contributed by atoms with van der Waals surface area (Å²) in [4.78, 5) is 0. The van der Waals surface area contributed by atoms with Crippen LogP contribution >= 0.6 is 0 Å². The lowest BCUT2D eigenvalue weighted by Crippen LogP contribution is -2.28. The highest BCUT2D eigenvalue weighted by atomic mass is 16.5. The van der Waals surface area contributed by atoms with Gasteiger partial charge in [0.1, 0.15) is 0 Å². The molecule has 6 heteroatoms. The van der Waals surface area contributed by atoms with Crippen molar-refractivity contribution < 1.29 is 19.9 Å². The number of oxime groups is 1. The Morgan fingerprint density at radius 2 is 1.72 bits per heavy atom. The van der Waals surface area contributed by atoms with E-state index in [0.29, 0.717) is 24.3 Å². The van der Waals surface area contributed by atoms with Crippen molar-refractivity contribution in [3.05, 3.63) is 23.3 Å². The maximum absolute atomic E-state index is 8.88. The molecule has 0 fully saturated rings. The second-order valence-electron chi connectivity index (χ2n) is 4.18. The number of fused-ring (bicyclic) bond motifs is 1. The number of nitrogens with zero attached hydrogens (tertiary/aromatic N) is 1. The molecule has 0 aromatic heterocycles. The third kappa shape index (κ3) is 2.06. The highest BCUT2D eigenvalue weighted by molar-refractivity contribution is 5.84. The van der Waals surface area contributed by atoms with E-state index < -0.39 is 0 Å². The topological polar surface area (TPSA) is 83.3 Å². The standard InChI is InChI=1S/C12H16N2O4/c1-17-10-5-7-3-9(12(13-15)14-16)4-8(7)6-11(10)18-2/h5-6,9,15-16H,3-4H2,1-2H3,(H,13,14). The van der Waals surface area contributed by atoms with Crippen molar-refractivity contribution in [3.63, 3.8) is 0 Å². The zero-order valence-corrected chi connectivity index (χ0v) is 10.3. The molecule has 3 N–H and O–H groups in total.